The van der Waals surface area contributed by atoms with Crippen LogP contribution in [0.2, 0.25) is 0 Å². The van der Waals surface area contributed by atoms with Gasteiger partial charge in [0, 0.05) is 37.2 Å². The van der Waals surface area contributed by atoms with Crippen molar-refractivity contribution >= 4 is 11.9 Å². The Morgan fingerprint density at radius 2 is 1.97 bits per heavy atom. The van der Waals surface area contributed by atoms with E-state index in [4.69, 9.17) is 9.47 Å². The SMILES string of the molecule is Cc1c(C(O)CN2CCn3c(-c4ccc5c(c4)CC(C)OC5=O)cnc3C2)ccc2c1COC2=O. The van der Waals surface area contributed by atoms with Gasteiger partial charge < -0.3 is 19.1 Å². The molecule has 0 fully saturated rings. The van der Waals surface area contributed by atoms with Crippen molar-refractivity contribution in [3.8, 4) is 11.3 Å². The second kappa shape index (κ2) is 8.32. The monoisotopic (exact) mass is 473 g/mol. The number of benzene rings is 2. The van der Waals surface area contributed by atoms with Crippen LogP contribution in [-0.2, 0) is 35.6 Å². The summed E-state index contributed by atoms with van der Waals surface area (Å²) in [5, 5.41) is 11.0. The molecule has 0 spiro atoms. The maximum Gasteiger partial charge on any atom is 0.338 e. The number of aromatic nitrogens is 2. The van der Waals surface area contributed by atoms with E-state index < -0.39 is 6.10 Å². The minimum atomic E-state index is -0.667. The van der Waals surface area contributed by atoms with Gasteiger partial charge in [0.25, 0.3) is 0 Å². The Morgan fingerprint density at radius 3 is 2.83 bits per heavy atom. The summed E-state index contributed by atoms with van der Waals surface area (Å²) in [7, 11) is 0. The lowest BCUT2D eigenvalue weighted by atomic mass is 9.95. The van der Waals surface area contributed by atoms with Gasteiger partial charge in [-0.1, -0.05) is 12.1 Å². The molecule has 8 heteroatoms. The number of ether oxygens (including phenoxy) is 2. The van der Waals surface area contributed by atoms with Gasteiger partial charge in [-0.15, -0.1) is 0 Å². The highest BCUT2D eigenvalue weighted by molar-refractivity contribution is 5.94. The van der Waals surface area contributed by atoms with Crippen molar-refractivity contribution in [3.63, 3.8) is 0 Å². The van der Waals surface area contributed by atoms with E-state index in [1.807, 2.05) is 38.2 Å². The van der Waals surface area contributed by atoms with E-state index in [2.05, 4.69) is 20.5 Å². The molecule has 35 heavy (non-hydrogen) atoms. The van der Waals surface area contributed by atoms with Crippen LogP contribution >= 0.6 is 0 Å². The minimum absolute atomic E-state index is 0.119. The van der Waals surface area contributed by atoms with Crippen molar-refractivity contribution in [1.29, 1.82) is 0 Å². The highest BCUT2D eigenvalue weighted by atomic mass is 16.5. The Labute approximate surface area is 203 Å². The lowest BCUT2D eigenvalue weighted by Gasteiger charge is -2.30. The molecule has 0 aliphatic carbocycles. The van der Waals surface area contributed by atoms with Crippen molar-refractivity contribution in [2.24, 2.45) is 0 Å². The third-order valence-corrected chi connectivity index (χ3v) is 7.38. The van der Waals surface area contributed by atoms with E-state index in [1.165, 1.54) is 0 Å². The van der Waals surface area contributed by atoms with E-state index in [0.29, 0.717) is 30.6 Å². The third-order valence-electron chi connectivity index (χ3n) is 7.38. The van der Waals surface area contributed by atoms with Crippen LogP contribution in [0, 0.1) is 6.92 Å². The van der Waals surface area contributed by atoms with Crippen molar-refractivity contribution in [2.75, 3.05) is 13.1 Å². The topological polar surface area (TPSA) is 93.9 Å². The molecule has 3 aliphatic rings. The zero-order valence-corrected chi connectivity index (χ0v) is 19.8. The van der Waals surface area contributed by atoms with E-state index in [1.54, 1.807) is 6.07 Å². The molecule has 6 rings (SSSR count). The molecule has 4 heterocycles. The molecule has 3 aromatic rings. The summed E-state index contributed by atoms with van der Waals surface area (Å²) in [5.74, 6) is 0.400. The first kappa shape index (κ1) is 22.0. The first-order valence-corrected chi connectivity index (χ1v) is 12.0. The number of hydrogen-bond donors (Lipinski definition) is 1. The minimum Gasteiger partial charge on any atom is -0.459 e. The van der Waals surface area contributed by atoms with Gasteiger partial charge in [-0.3, -0.25) is 4.90 Å². The number of imidazole rings is 1. The van der Waals surface area contributed by atoms with Gasteiger partial charge in [-0.25, -0.2) is 14.6 Å². The summed E-state index contributed by atoms with van der Waals surface area (Å²) in [6.07, 6.45) is 1.82. The number of esters is 2. The number of hydrogen-bond acceptors (Lipinski definition) is 7. The summed E-state index contributed by atoms with van der Waals surface area (Å²) in [4.78, 5) is 30.8. The highest BCUT2D eigenvalue weighted by Gasteiger charge is 2.28. The number of nitrogens with zero attached hydrogens (tertiary/aromatic N) is 3. The second-order valence-corrected chi connectivity index (χ2v) is 9.64. The molecule has 2 aromatic carbocycles. The molecular weight excluding hydrogens is 446 g/mol. The van der Waals surface area contributed by atoms with Crippen molar-refractivity contribution in [3.05, 3.63) is 75.7 Å². The molecule has 2 unspecified atom stereocenters. The number of rotatable bonds is 4. The zero-order chi connectivity index (χ0) is 24.3. The van der Waals surface area contributed by atoms with Gasteiger partial charge in [0.2, 0.25) is 0 Å². The summed E-state index contributed by atoms with van der Waals surface area (Å²) in [6, 6.07) is 9.48. The third kappa shape index (κ3) is 3.73. The maximum atomic E-state index is 12.2. The predicted molar refractivity (Wildman–Crippen MR) is 127 cm³/mol. The van der Waals surface area contributed by atoms with Crippen molar-refractivity contribution < 1.29 is 24.2 Å². The molecule has 0 saturated heterocycles. The Kier molecular flexibility index (Phi) is 5.23. The molecular formula is C27H27N3O5. The van der Waals surface area contributed by atoms with Crippen LogP contribution in [0.15, 0.2) is 36.5 Å². The maximum absolute atomic E-state index is 12.2. The average Bonchev–Trinajstić information content (AvgIpc) is 3.42. The highest BCUT2D eigenvalue weighted by Crippen LogP contribution is 2.32. The quantitative estimate of drug-likeness (QED) is 0.582. The number of cyclic esters (lactones) is 2. The Bertz CT molecular complexity index is 1360. The number of β-amino-alcohol motifs (C(OH)–C–C–N with tert-alkyl or cyclic N) is 1. The molecule has 3 aliphatic heterocycles. The zero-order valence-electron chi connectivity index (χ0n) is 19.8. The fourth-order valence-electron chi connectivity index (χ4n) is 5.49. The molecule has 8 nitrogen and oxygen atoms in total. The second-order valence-electron chi connectivity index (χ2n) is 9.64. The molecule has 1 aromatic heterocycles. The van der Waals surface area contributed by atoms with Crippen LogP contribution in [0.3, 0.4) is 0 Å². The van der Waals surface area contributed by atoms with Crippen molar-refractivity contribution in [2.45, 2.75) is 52.2 Å². The smallest absolute Gasteiger partial charge is 0.338 e. The fraction of sp³-hybridized carbons (Fsp3) is 0.370. The van der Waals surface area contributed by atoms with E-state index in [-0.39, 0.29) is 24.6 Å². The number of fused-ring (bicyclic) bond motifs is 3. The molecule has 0 radical (unpaired) electrons. The molecule has 180 valence electrons. The average molecular weight is 474 g/mol. The molecule has 0 bridgehead atoms. The lowest BCUT2D eigenvalue weighted by molar-refractivity contribution is 0.0301. The first-order chi connectivity index (χ1) is 16.9. The molecule has 1 N–H and O–H groups in total. The number of carbonyl (C=O) groups excluding carboxylic acids is 2. The Hall–Kier alpha value is -3.49. The normalized spacial score (nSPS) is 20.0. The largest absolute Gasteiger partial charge is 0.459 e. The van der Waals surface area contributed by atoms with Gasteiger partial charge in [0.05, 0.1) is 35.7 Å². The summed E-state index contributed by atoms with van der Waals surface area (Å²) >= 11 is 0. The summed E-state index contributed by atoms with van der Waals surface area (Å²) in [5.41, 5.74) is 6.96. The van der Waals surface area contributed by atoms with Gasteiger partial charge in [-0.05, 0) is 48.7 Å². The van der Waals surface area contributed by atoms with E-state index in [0.717, 1.165) is 52.4 Å². The first-order valence-electron chi connectivity index (χ1n) is 12.0. The Balaban J connectivity index is 1.19. The van der Waals surface area contributed by atoms with Crippen LogP contribution in [-0.4, -0.2) is 50.7 Å². The van der Waals surface area contributed by atoms with E-state index >= 15 is 0 Å². The van der Waals surface area contributed by atoms with Crippen LogP contribution in [0.5, 0.6) is 0 Å². The summed E-state index contributed by atoms with van der Waals surface area (Å²) in [6.45, 7) is 6.79. The van der Waals surface area contributed by atoms with Crippen LogP contribution in [0.1, 0.15) is 61.8 Å². The fourth-order valence-corrected chi connectivity index (χ4v) is 5.49. The van der Waals surface area contributed by atoms with Gasteiger partial charge in [0.15, 0.2) is 0 Å². The predicted octanol–water partition coefficient (Wildman–Crippen LogP) is 3.18. The van der Waals surface area contributed by atoms with Gasteiger partial charge in [-0.2, -0.15) is 0 Å². The number of aliphatic hydroxyl groups is 1. The number of aliphatic hydroxyl groups excluding tert-OH is 1. The standard InChI is InChI=1S/C27H27N3O5/c1-15-9-18-10-17(3-4-20(18)27(33)35-15)23-11-28-25-13-29(7-8-30(23)25)12-24(31)19-5-6-21-22(16(19)2)14-34-26(21)32/h3-6,10-11,15,24,31H,7-9,12-14H2,1-2H3. The van der Waals surface area contributed by atoms with Crippen LogP contribution in [0.25, 0.3) is 11.3 Å². The van der Waals surface area contributed by atoms with Crippen LogP contribution in [0.4, 0.5) is 0 Å². The number of carbonyl (C=O) groups is 2. The van der Waals surface area contributed by atoms with Gasteiger partial charge in [0.1, 0.15) is 18.5 Å². The Morgan fingerprint density at radius 1 is 1.14 bits per heavy atom. The van der Waals surface area contributed by atoms with E-state index in [9.17, 15) is 14.7 Å². The van der Waals surface area contributed by atoms with Crippen molar-refractivity contribution in [1.82, 2.24) is 14.5 Å². The molecule has 0 saturated carbocycles. The molecule has 2 atom stereocenters. The molecule has 0 amide bonds. The van der Waals surface area contributed by atoms with Gasteiger partial charge >= 0.3 is 11.9 Å². The van der Waals surface area contributed by atoms with Crippen LogP contribution < -0.4 is 0 Å². The summed E-state index contributed by atoms with van der Waals surface area (Å²) < 4.78 is 12.7. The lowest BCUT2D eigenvalue weighted by Crippen LogP contribution is -2.37.